The van der Waals surface area contributed by atoms with Crippen LogP contribution in [0, 0.1) is 52.3 Å². The zero-order valence-corrected chi connectivity index (χ0v) is 25.5. The van der Waals surface area contributed by atoms with Gasteiger partial charge in [0, 0.05) is 0 Å². The fraction of sp³-hybridized carbons (Fsp3) is 0.750. The quantitative estimate of drug-likeness (QED) is 0.205. The summed E-state index contributed by atoms with van der Waals surface area (Å²) in [6.45, 7) is 15.1. The second-order valence-corrected chi connectivity index (χ2v) is 14.8. The number of carbonyl (C=O) groups is 1. The van der Waals surface area contributed by atoms with Gasteiger partial charge in [0.15, 0.2) is 0 Å². The van der Waals surface area contributed by atoms with Crippen molar-refractivity contribution in [1.29, 1.82) is 0 Å². The molecule has 0 radical (unpaired) electrons. The van der Waals surface area contributed by atoms with E-state index in [4.69, 9.17) is 4.74 Å². The highest BCUT2D eigenvalue weighted by molar-refractivity contribution is 5.62. The van der Waals surface area contributed by atoms with Crippen molar-refractivity contribution in [3.8, 4) is 5.75 Å². The minimum Gasteiger partial charge on any atom is -0.449 e. The van der Waals surface area contributed by atoms with Gasteiger partial charge >= 0.3 is 6.16 Å². The molecular weight excluding hydrogens is 480 g/mol. The number of hydrogen-bond acceptors (Lipinski definition) is 2. The minimum atomic E-state index is -1.22. The summed E-state index contributed by atoms with van der Waals surface area (Å²) in [6.07, 6.45) is 15.9. The Morgan fingerprint density at radius 2 is 1.79 bits per heavy atom. The Morgan fingerprint density at radius 3 is 2.51 bits per heavy atom. The largest absolute Gasteiger partial charge is 0.511 e. The zero-order chi connectivity index (χ0) is 27.9. The van der Waals surface area contributed by atoms with E-state index in [0.717, 1.165) is 59.8 Å². The van der Waals surface area contributed by atoms with E-state index < -0.39 is 6.16 Å². The van der Waals surface area contributed by atoms with Crippen LogP contribution in [-0.2, 0) is 0 Å². The SMILES string of the molecule is CC[C@H](CC[C@@H](C)[C@H]1CCC2C3CC=C4CC(c5ccccc5OC(=O)O)CC[C@]4(C)C3CC[C@@]21C)C(C)C. The molecule has 0 heterocycles. The van der Waals surface area contributed by atoms with Gasteiger partial charge in [0.1, 0.15) is 5.75 Å². The van der Waals surface area contributed by atoms with Gasteiger partial charge in [-0.05, 0) is 128 Å². The van der Waals surface area contributed by atoms with Crippen LogP contribution in [-0.4, -0.2) is 11.3 Å². The number of fused-ring (bicyclic) bond motifs is 5. The first-order valence-electron chi connectivity index (χ1n) is 16.3. The molecule has 4 aliphatic carbocycles. The normalized spacial score (nSPS) is 37.3. The van der Waals surface area contributed by atoms with Crippen LogP contribution in [0.15, 0.2) is 35.9 Å². The second kappa shape index (κ2) is 11.2. The average molecular weight is 535 g/mol. The second-order valence-electron chi connectivity index (χ2n) is 14.8. The predicted octanol–water partition coefficient (Wildman–Crippen LogP) is 10.5. The molecule has 1 aromatic rings. The Hall–Kier alpha value is -1.77. The number of allylic oxidation sites excluding steroid dienone is 2. The highest BCUT2D eigenvalue weighted by atomic mass is 16.7. The first-order valence-corrected chi connectivity index (χ1v) is 16.3. The molecule has 3 heteroatoms. The summed E-state index contributed by atoms with van der Waals surface area (Å²) in [6, 6.07) is 7.79. The summed E-state index contributed by atoms with van der Waals surface area (Å²) in [7, 11) is 0. The third-order valence-corrected chi connectivity index (χ3v) is 12.9. The minimum absolute atomic E-state index is 0.304. The summed E-state index contributed by atoms with van der Waals surface area (Å²) in [5.74, 6) is 6.83. The van der Waals surface area contributed by atoms with Crippen LogP contribution in [0.3, 0.4) is 0 Å². The zero-order valence-electron chi connectivity index (χ0n) is 25.5. The number of hydrogen-bond donors (Lipinski definition) is 1. The summed E-state index contributed by atoms with van der Waals surface area (Å²) in [4.78, 5) is 11.3. The Balaban J connectivity index is 1.30. The molecule has 9 atom stereocenters. The topological polar surface area (TPSA) is 46.5 Å². The van der Waals surface area contributed by atoms with Crippen LogP contribution in [0.2, 0.25) is 0 Å². The van der Waals surface area contributed by atoms with E-state index in [9.17, 15) is 9.90 Å². The standard InChI is InChI=1S/C36H54O3/c1-7-25(23(2)3)13-12-24(4)30-16-17-31-29-15-14-27-22-26(28-10-8-9-11-33(28)39-34(37)38)18-20-35(27,5)32(29)19-21-36(30,31)6/h8-11,14,23-26,29-32H,7,12-13,15-22H2,1-6H3,(H,37,38)/t24-,25-,26?,29?,30-,31?,32?,35+,36-/m1/s1. The molecule has 216 valence electrons. The van der Waals surface area contributed by atoms with Crippen molar-refractivity contribution in [2.24, 2.45) is 52.3 Å². The van der Waals surface area contributed by atoms with Gasteiger partial charge in [-0.25, -0.2) is 4.79 Å². The smallest absolute Gasteiger partial charge is 0.449 e. The fourth-order valence-electron chi connectivity index (χ4n) is 10.6. The van der Waals surface area contributed by atoms with E-state index in [1.807, 2.05) is 18.2 Å². The molecule has 1 aromatic carbocycles. The average Bonchev–Trinajstić information content (AvgIpc) is 3.25. The van der Waals surface area contributed by atoms with Crippen molar-refractivity contribution in [1.82, 2.24) is 0 Å². The van der Waals surface area contributed by atoms with Crippen molar-refractivity contribution in [3.05, 3.63) is 41.5 Å². The summed E-state index contributed by atoms with van der Waals surface area (Å²) in [5, 5.41) is 9.25. The van der Waals surface area contributed by atoms with Gasteiger partial charge in [0.05, 0.1) is 0 Å². The lowest BCUT2D eigenvalue weighted by atomic mass is 9.46. The Kier molecular flexibility index (Phi) is 8.29. The third kappa shape index (κ3) is 5.21. The molecule has 4 unspecified atom stereocenters. The van der Waals surface area contributed by atoms with Crippen molar-refractivity contribution >= 4 is 6.16 Å². The molecule has 3 nitrogen and oxygen atoms in total. The summed E-state index contributed by atoms with van der Waals surface area (Å²) in [5.41, 5.74) is 3.54. The first kappa shape index (κ1) is 28.7. The lowest BCUT2D eigenvalue weighted by Gasteiger charge is -2.58. The van der Waals surface area contributed by atoms with Crippen molar-refractivity contribution in [3.63, 3.8) is 0 Å². The molecular formula is C36H54O3. The van der Waals surface area contributed by atoms with Gasteiger partial charge in [-0.2, -0.15) is 0 Å². The number of para-hydroxylation sites is 1. The molecule has 0 amide bonds. The predicted molar refractivity (Wildman–Crippen MR) is 160 cm³/mol. The molecule has 0 aromatic heterocycles. The molecule has 39 heavy (non-hydrogen) atoms. The van der Waals surface area contributed by atoms with Crippen LogP contribution >= 0.6 is 0 Å². The van der Waals surface area contributed by atoms with Crippen LogP contribution in [0.1, 0.15) is 124 Å². The van der Waals surface area contributed by atoms with Crippen LogP contribution in [0.4, 0.5) is 4.79 Å². The third-order valence-electron chi connectivity index (χ3n) is 12.9. The van der Waals surface area contributed by atoms with Gasteiger partial charge in [0.25, 0.3) is 0 Å². The molecule has 0 saturated heterocycles. The van der Waals surface area contributed by atoms with E-state index in [0.29, 0.717) is 22.5 Å². The van der Waals surface area contributed by atoms with E-state index in [1.165, 1.54) is 57.8 Å². The van der Waals surface area contributed by atoms with Crippen molar-refractivity contribution < 1.29 is 14.6 Å². The number of rotatable bonds is 8. The van der Waals surface area contributed by atoms with Crippen molar-refractivity contribution in [2.45, 2.75) is 118 Å². The van der Waals surface area contributed by atoms with Gasteiger partial charge in [-0.15, -0.1) is 0 Å². The highest BCUT2D eigenvalue weighted by Gasteiger charge is 2.59. The molecule has 3 fully saturated rings. The fourth-order valence-corrected chi connectivity index (χ4v) is 10.6. The summed E-state index contributed by atoms with van der Waals surface area (Å²) < 4.78 is 5.18. The number of carboxylic acid groups (broad SMARTS) is 1. The van der Waals surface area contributed by atoms with E-state index in [2.05, 4.69) is 53.7 Å². The lowest BCUT2D eigenvalue weighted by molar-refractivity contribution is -0.0513. The maximum atomic E-state index is 11.3. The van der Waals surface area contributed by atoms with E-state index >= 15 is 0 Å². The van der Waals surface area contributed by atoms with E-state index in [-0.39, 0.29) is 0 Å². The molecule has 0 spiro atoms. The van der Waals surface area contributed by atoms with Crippen LogP contribution in [0.25, 0.3) is 0 Å². The number of ether oxygens (including phenoxy) is 1. The Morgan fingerprint density at radius 1 is 1.03 bits per heavy atom. The van der Waals surface area contributed by atoms with Gasteiger partial charge in [-0.3, -0.25) is 0 Å². The molecule has 0 bridgehead atoms. The van der Waals surface area contributed by atoms with Gasteiger partial charge in [-0.1, -0.05) is 84.2 Å². The van der Waals surface area contributed by atoms with Crippen molar-refractivity contribution in [2.75, 3.05) is 0 Å². The maximum Gasteiger partial charge on any atom is 0.511 e. The monoisotopic (exact) mass is 534 g/mol. The molecule has 1 N–H and O–H groups in total. The summed E-state index contributed by atoms with van der Waals surface area (Å²) >= 11 is 0. The molecule has 5 rings (SSSR count). The van der Waals surface area contributed by atoms with Gasteiger partial charge in [0.2, 0.25) is 0 Å². The Labute approximate surface area is 238 Å². The molecule has 0 aliphatic heterocycles. The maximum absolute atomic E-state index is 11.3. The molecule has 4 aliphatic rings. The van der Waals surface area contributed by atoms with Gasteiger partial charge < -0.3 is 9.84 Å². The molecule has 3 saturated carbocycles. The van der Waals surface area contributed by atoms with Crippen LogP contribution < -0.4 is 4.74 Å². The first-order chi connectivity index (χ1) is 18.6. The van der Waals surface area contributed by atoms with E-state index in [1.54, 1.807) is 5.57 Å². The lowest BCUT2D eigenvalue weighted by Crippen LogP contribution is -2.50. The Bertz CT molecular complexity index is 1060. The van der Waals surface area contributed by atoms with Crippen LogP contribution in [0.5, 0.6) is 5.75 Å². The highest BCUT2D eigenvalue weighted by Crippen LogP contribution is 2.68. The number of benzene rings is 1.